The Bertz CT molecular complexity index is 791. The Balaban J connectivity index is 1.17. The maximum atomic E-state index is 12.6. The summed E-state index contributed by atoms with van der Waals surface area (Å²) in [4.78, 5) is 16.9. The lowest BCUT2D eigenvalue weighted by Gasteiger charge is -2.20. The standard InChI is InChI=1S/C21H26N2O3S/c1-22(7-3-2-5-16-6-10-27-14-16)8-4-9-23-13-17-11-19-20(26-15-25-19)12-18(17)21(23)24/h6,10-12,14H,2-5,7-9,13,15H2,1H3. The number of ether oxygens (including phenoxy) is 2. The maximum absolute atomic E-state index is 12.6. The first kappa shape index (κ1) is 18.3. The number of unbranched alkanes of at least 4 members (excludes halogenated alkanes) is 1. The Labute approximate surface area is 164 Å². The average Bonchev–Trinajstić information content (AvgIpc) is 3.39. The van der Waals surface area contributed by atoms with Gasteiger partial charge < -0.3 is 19.3 Å². The molecule has 4 rings (SSSR count). The number of rotatable bonds is 9. The number of hydrogen-bond acceptors (Lipinski definition) is 5. The van der Waals surface area contributed by atoms with Crippen molar-refractivity contribution in [3.8, 4) is 11.5 Å². The van der Waals surface area contributed by atoms with E-state index in [2.05, 4.69) is 28.8 Å². The zero-order chi connectivity index (χ0) is 18.6. The molecule has 1 amide bonds. The van der Waals surface area contributed by atoms with Gasteiger partial charge in [-0.15, -0.1) is 0 Å². The quantitative estimate of drug-likeness (QED) is 0.615. The minimum atomic E-state index is 0.113. The van der Waals surface area contributed by atoms with Crippen LogP contribution in [0.4, 0.5) is 0 Å². The van der Waals surface area contributed by atoms with E-state index in [4.69, 9.17) is 9.47 Å². The smallest absolute Gasteiger partial charge is 0.254 e. The van der Waals surface area contributed by atoms with E-state index in [9.17, 15) is 4.79 Å². The van der Waals surface area contributed by atoms with Gasteiger partial charge in [-0.05, 0) is 85.9 Å². The first-order valence-electron chi connectivity index (χ1n) is 9.62. The fourth-order valence-electron chi connectivity index (χ4n) is 3.73. The van der Waals surface area contributed by atoms with Crippen molar-refractivity contribution < 1.29 is 14.3 Å². The first-order chi connectivity index (χ1) is 13.2. The highest BCUT2D eigenvalue weighted by molar-refractivity contribution is 7.07. The molecule has 2 aliphatic heterocycles. The van der Waals surface area contributed by atoms with Gasteiger partial charge in [0.1, 0.15) is 0 Å². The number of amides is 1. The van der Waals surface area contributed by atoms with Crippen molar-refractivity contribution in [2.45, 2.75) is 32.2 Å². The third-order valence-electron chi connectivity index (χ3n) is 5.28. The van der Waals surface area contributed by atoms with Crippen molar-refractivity contribution in [2.75, 3.05) is 33.5 Å². The van der Waals surface area contributed by atoms with Crippen LogP contribution in [0.15, 0.2) is 29.0 Å². The summed E-state index contributed by atoms with van der Waals surface area (Å²) in [7, 11) is 2.17. The molecule has 0 saturated heterocycles. The molecule has 0 bridgehead atoms. The van der Waals surface area contributed by atoms with Crippen LogP contribution in [0.3, 0.4) is 0 Å². The summed E-state index contributed by atoms with van der Waals surface area (Å²) in [5.74, 6) is 1.55. The molecule has 1 aromatic heterocycles. The first-order valence-corrected chi connectivity index (χ1v) is 10.6. The molecule has 0 saturated carbocycles. The van der Waals surface area contributed by atoms with Crippen LogP contribution in [-0.2, 0) is 13.0 Å². The molecule has 27 heavy (non-hydrogen) atoms. The number of fused-ring (bicyclic) bond motifs is 2. The van der Waals surface area contributed by atoms with Crippen LogP contribution >= 0.6 is 11.3 Å². The van der Waals surface area contributed by atoms with E-state index >= 15 is 0 Å². The summed E-state index contributed by atoms with van der Waals surface area (Å²) >= 11 is 1.77. The molecule has 2 aromatic rings. The number of thiophene rings is 1. The molecule has 0 spiro atoms. The third kappa shape index (κ3) is 4.28. The SMILES string of the molecule is CN(CCCCc1ccsc1)CCCN1Cc2cc3c(cc2C1=O)OCO3. The topological polar surface area (TPSA) is 42.0 Å². The predicted octanol–water partition coefficient (Wildman–Crippen LogP) is 3.78. The fourth-order valence-corrected chi connectivity index (χ4v) is 4.43. The van der Waals surface area contributed by atoms with E-state index < -0.39 is 0 Å². The van der Waals surface area contributed by atoms with Gasteiger partial charge in [0.05, 0.1) is 0 Å². The van der Waals surface area contributed by atoms with Gasteiger partial charge in [0.2, 0.25) is 6.79 Å². The van der Waals surface area contributed by atoms with Gasteiger partial charge in [0.15, 0.2) is 11.5 Å². The lowest BCUT2D eigenvalue weighted by molar-refractivity contribution is 0.0771. The molecule has 0 aliphatic carbocycles. The molecule has 5 nitrogen and oxygen atoms in total. The monoisotopic (exact) mass is 386 g/mol. The molecule has 0 radical (unpaired) electrons. The minimum Gasteiger partial charge on any atom is -0.454 e. The lowest BCUT2D eigenvalue weighted by atomic mass is 10.1. The van der Waals surface area contributed by atoms with E-state index in [-0.39, 0.29) is 12.7 Å². The molecule has 144 valence electrons. The van der Waals surface area contributed by atoms with Crippen molar-refractivity contribution in [3.05, 3.63) is 45.6 Å². The van der Waals surface area contributed by atoms with Gasteiger partial charge in [-0.25, -0.2) is 0 Å². The number of hydrogen-bond donors (Lipinski definition) is 0. The van der Waals surface area contributed by atoms with E-state index in [1.807, 2.05) is 17.0 Å². The van der Waals surface area contributed by atoms with Gasteiger partial charge in [-0.3, -0.25) is 4.79 Å². The highest BCUT2D eigenvalue weighted by Crippen LogP contribution is 2.38. The summed E-state index contributed by atoms with van der Waals surface area (Å²) in [5, 5.41) is 4.38. The Hall–Kier alpha value is -2.05. The number of carbonyl (C=O) groups is 1. The molecule has 0 N–H and O–H groups in total. The molecule has 0 fully saturated rings. The van der Waals surface area contributed by atoms with Crippen molar-refractivity contribution in [1.82, 2.24) is 9.80 Å². The lowest BCUT2D eigenvalue weighted by Crippen LogP contribution is -2.29. The third-order valence-corrected chi connectivity index (χ3v) is 6.01. The summed E-state index contributed by atoms with van der Waals surface area (Å²) in [6, 6.07) is 6.00. The van der Waals surface area contributed by atoms with Crippen LogP contribution in [-0.4, -0.2) is 49.2 Å². The minimum absolute atomic E-state index is 0.113. The van der Waals surface area contributed by atoms with E-state index in [1.54, 1.807) is 11.3 Å². The van der Waals surface area contributed by atoms with Crippen molar-refractivity contribution in [3.63, 3.8) is 0 Å². The molecular formula is C21H26N2O3S. The summed E-state index contributed by atoms with van der Waals surface area (Å²) in [6.45, 7) is 3.84. The van der Waals surface area contributed by atoms with E-state index in [0.717, 1.165) is 42.9 Å². The summed E-state index contributed by atoms with van der Waals surface area (Å²) < 4.78 is 10.8. The normalized spacial score (nSPS) is 15.0. The Kier molecular flexibility index (Phi) is 5.64. The molecule has 0 unspecified atom stereocenters. The predicted molar refractivity (Wildman–Crippen MR) is 107 cm³/mol. The molecular weight excluding hydrogens is 360 g/mol. The molecule has 0 atom stereocenters. The van der Waals surface area contributed by atoms with E-state index in [0.29, 0.717) is 12.3 Å². The number of nitrogens with zero attached hydrogens (tertiary/aromatic N) is 2. The second-order valence-electron chi connectivity index (χ2n) is 7.33. The highest BCUT2D eigenvalue weighted by Gasteiger charge is 2.30. The number of carbonyl (C=O) groups excluding carboxylic acids is 1. The van der Waals surface area contributed by atoms with Gasteiger partial charge in [-0.1, -0.05) is 0 Å². The van der Waals surface area contributed by atoms with Gasteiger partial charge >= 0.3 is 0 Å². The van der Waals surface area contributed by atoms with Crippen LogP contribution in [0.5, 0.6) is 11.5 Å². The van der Waals surface area contributed by atoms with Gasteiger partial charge in [0, 0.05) is 18.7 Å². The Morgan fingerprint density at radius 1 is 1.15 bits per heavy atom. The van der Waals surface area contributed by atoms with Gasteiger partial charge in [0.25, 0.3) is 5.91 Å². The van der Waals surface area contributed by atoms with Crippen molar-refractivity contribution in [2.24, 2.45) is 0 Å². The average molecular weight is 387 g/mol. The summed E-state index contributed by atoms with van der Waals surface area (Å²) in [5.41, 5.74) is 3.27. The van der Waals surface area contributed by atoms with Crippen molar-refractivity contribution >= 4 is 17.2 Å². The Morgan fingerprint density at radius 3 is 2.78 bits per heavy atom. The maximum Gasteiger partial charge on any atom is 0.254 e. The fraction of sp³-hybridized carbons (Fsp3) is 0.476. The van der Waals surface area contributed by atoms with Crippen LogP contribution in [0.25, 0.3) is 0 Å². The van der Waals surface area contributed by atoms with Gasteiger partial charge in [-0.2, -0.15) is 11.3 Å². The van der Waals surface area contributed by atoms with Crippen molar-refractivity contribution in [1.29, 1.82) is 0 Å². The molecule has 3 heterocycles. The molecule has 1 aromatic carbocycles. The number of aryl methyl sites for hydroxylation is 1. The second-order valence-corrected chi connectivity index (χ2v) is 8.11. The largest absolute Gasteiger partial charge is 0.454 e. The summed E-state index contributed by atoms with van der Waals surface area (Å²) in [6.07, 6.45) is 4.62. The zero-order valence-electron chi connectivity index (χ0n) is 15.8. The molecule has 2 aliphatic rings. The number of benzene rings is 1. The van der Waals surface area contributed by atoms with E-state index in [1.165, 1.54) is 24.8 Å². The molecule has 6 heteroatoms. The van der Waals surface area contributed by atoms with Crippen LogP contribution in [0, 0.1) is 0 Å². The van der Waals surface area contributed by atoms with Crippen LogP contribution in [0.1, 0.15) is 40.7 Å². The highest BCUT2D eigenvalue weighted by atomic mass is 32.1. The zero-order valence-corrected chi connectivity index (χ0v) is 16.6. The van der Waals surface area contributed by atoms with Crippen LogP contribution < -0.4 is 9.47 Å². The Morgan fingerprint density at radius 2 is 1.96 bits per heavy atom. The van der Waals surface area contributed by atoms with Crippen LogP contribution in [0.2, 0.25) is 0 Å². The second kappa shape index (κ2) is 8.31.